The van der Waals surface area contributed by atoms with Gasteiger partial charge in [0, 0.05) is 24.3 Å². The van der Waals surface area contributed by atoms with Crippen molar-refractivity contribution in [3.8, 4) is 5.75 Å². The standard InChI is InChI=1S/C25H25FN4O3/c1-33-23-7-3-2-6-20(23)28-25(32)29-21-16-19(12-13-22(21)30-14-4-5-15-30)27-24(31)17-8-10-18(26)11-9-17/h2-3,6-13,16H,4-5,14-15H2,1H3,(H,27,31)(H2,28,29,32). The van der Waals surface area contributed by atoms with Gasteiger partial charge in [-0.15, -0.1) is 0 Å². The van der Waals surface area contributed by atoms with Crippen LogP contribution in [0.2, 0.25) is 0 Å². The van der Waals surface area contributed by atoms with Crippen LogP contribution in [-0.2, 0) is 0 Å². The molecule has 8 heteroatoms. The van der Waals surface area contributed by atoms with Gasteiger partial charge < -0.3 is 25.6 Å². The molecule has 3 N–H and O–H groups in total. The largest absolute Gasteiger partial charge is 0.495 e. The molecule has 0 atom stereocenters. The van der Waals surface area contributed by atoms with E-state index < -0.39 is 11.8 Å². The second kappa shape index (κ2) is 10.0. The number of carbonyl (C=O) groups is 2. The average Bonchev–Trinajstić information content (AvgIpc) is 3.34. The van der Waals surface area contributed by atoms with Gasteiger partial charge in [-0.3, -0.25) is 4.79 Å². The van der Waals surface area contributed by atoms with Crippen molar-refractivity contribution in [2.24, 2.45) is 0 Å². The Labute approximate surface area is 191 Å². The predicted octanol–water partition coefficient (Wildman–Crippen LogP) is 5.33. The summed E-state index contributed by atoms with van der Waals surface area (Å²) in [5.41, 5.74) is 2.84. The number of hydrogen-bond acceptors (Lipinski definition) is 4. The molecule has 0 aromatic heterocycles. The third-order valence-corrected chi connectivity index (χ3v) is 5.41. The van der Waals surface area contributed by atoms with E-state index in [1.54, 1.807) is 30.3 Å². The van der Waals surface area contributed by atoms with Crippen molar-refractivity contribution in [3.63, 3.8) is 0 Å². The van der Waals surface area contributed by atoms with Gasteiger partial charge >= 0.3 is 6.03 Å². The van der Waals surface area contributed by atoms with Crippen LogP contribution in [0.1, 0.15) is 23.2 Å². The maximum Gasteiger partial charge on any atom is 0.323 e. The van der Waals surface area contributed by atoms with Crippen LogP contribution in [-0.4, -0.2) is 32.1 Å². The number of carbonyl (C=O) groups excluding carboxylic acids is 2. The second-order valence-corrected chi connectivity index (χ2v) is 7.67. The van der Waals surface area contributed by atoms with Crippen molar-refractivity contribution in [3.05, 3.63) is 78.1 Å². The van der Waals surface area contributed by atoms with Gasteiger partial charge in [-0.2, -0.15) is 0 Å². The fraction of sp³-hybridized carbons (Fsp3) is 0.200. The normalized spacial score (nSPS) is 12.8. The van der Waals surface area contributed by atoms with Crippen LogP contribution in [0.15, 0.2) is 66.7 Å². The number of ether oxygens (including phenoxy) is 1. The number of halogens is 1. The Bertz CT molecular complexity index is 1140. The van der Waals surface area contributed by atoms with Crippen LogP contribution in [0.25, 0.3) is 0 Å². The smallest absolute Gasteiger partial charge is 0.323 e. The number of anilines is 4. The van der Waals surface area contributed by atoms with Crippen molar-refractivity contribution in [2.75, 3.05) is 41.0 Å². The quantitative estimate of drug-likeness (QED) is 0.476. The Balaban J connectivity index is 1.55. The number of rotatable bonds is 6. The van der Waals surface area contributed by atoms with Crippen LogP contribution >= 0.6 is 0 Å². The van der Waals surface area contributed by atoms with Crippen LogP contribution in [0.3, 0.4) is 0 Å². The lowest BCUT2D eigenvalue weighted by molar-refractivity contribution is 0.102. The fourth-order valence-corrected chi connectivity index (χ4v) is 3.78. The zero-order valence-electron chi connectivity index (χ0n) is 18.2. The number of methoxy groups -OCH3 is 1. The van der Waals surface area contributed by atoms with E-state index in [1.807, 2.05) is 12.1 Å². The van der Waals surface area contributed by atoms with E-state index in [1.165, 1.54) is 31.4 Å². The molecule has 1 aliphatic heterocycles. The minimum absolute atomic E-state index is 0.337. The molecule has 3 aromatic rings. The molecule has 1 saturated heterocycles. The summed E-state index contributed by atoms with van der Waals surface area (Å²) in [6.07, 6.45) is 2.16. The molecule has 0 spiro atoms. The molecule has 1 aliphatic rings. The minimum atomic E-state index is -0.429. The zero-order valence-corrected chi connectivity index (χ0v) is 18.2. The van der Waals surface area contributed by atoms with Gasteiger partial charge in [0.25, 0.3) is 5.91 Å². The topological polar surface area (TPSA) is 82.7 Å². The molecule has 0 radical (unpaired) electrons. The third-order valence-electron chi connectivity index (χ3n) is 5.41. The molecule has 0 bridgehead atoms. The molecule has 0 unspecified atom stereocenters. The first-order valence-corrected chi connectivity index (χ1v) is 10.7. The Morgan fingerprint density at radius 3 is 2.30 bits per heavy atom. The van der Waals surface area contributed by atoms with Crippen molar-refractivity contribution in [1.82, 2.24) is 0 Å². The average molecular weight is 448 g/mol. The van der Waals surface area contributed by atoms with E-state index in [-0.39, 0.29) is 5.91 Å². The van der Waals surface area contributed by atoms with E-state index in [9.17, 15) is 14.0 Å². The summed E-state index contributed by atoms with van der Waals surface area (Å²) in [6, 6.07) is 17.4. The second-order valence-electron chi connectivity index (χ2n) is 7.67. The maximum atomic E-state index is 13.2. The highest BCUT2D eigenvalue weighted by molar-refractivity contribution is 6.06. The predicted molar refractivity (Wildman–Crippen MR) is 128 cm³/mol. The van der Waals surface area contributed by atoms with Gasteiger partial charge in [0.15, 0.2) is 0 Å². The lowest BCUT2D eigenvalue weighted by Gasteiger charge is -2.23. The lowest BCUT2D eigenvalue weighted by atomic mass is 10.2. The molecule has 3 aromatic carbocycles. The van der Waals surface area contributed by atoms with Crippen LogP contribution < -0.4 is 25.6 Å². The van der Waals surface area contributed by atoms with Crippen molar-refractivity contribution >= 4 is 34.7 Å². The van der Waals surface area contributed by atoms with Crippen LogP contribution in [0.4, 0.5) is 31.9 Å². The molecule has 170 valence electrons. The van der Waals surface area contributed by atoms with E-state index in [0.29, 0.717) is 28.4 Å². The molecule has 3 amide bonds. The number of amides is 3. The zero-order chi connectivity index (χ0) is 23.2. The molecule has 1 heterocycles. The van der Waals surface area contributed by atoms with Crippen molar-refractivity contribution in [2.45, 2.75) is 12.8 Å². The first-order chi connectivity index (χ1) is 16.0. The first-order valence-electron chi connectivity index (χ1n) is 10.7. The molecule has 33 heavy (non-hydrogen) atoms. The number of nitrogens with one attached hydrogen (secondary N) is 3. The molecule has 0 aliphatic carbocycles. The molecule has 1 fully saturated rings. The number of para-hydroxylation sites is 2. The number of benzene rings is 3. The molecule has 4 rings (SSSR count). The Morgan fingerprint density at radius 2 is 1.58 bits per heavy atom. The summed E-state index contributed by atoms with van der Waals surface area (Å²) in [4.78, 5) is 27.5. The Morgan fingerprint density at radius 1 is 0.879 bits per heavy atom. The summed E-state index contributed by atoms with van der Waals surface area (Å²) in [6.45, 7) is 1.79. The lowest BCUT2D eigenvalue weighted by Crippen LogP contribution is -2.24. The highest BCUT2D eigenvalue weighted by Gasteiger charge is 2.19. The Hall–Kier alpha value is -4.07. The van der Waals surface area contributed by atoms with E-state index in [2.05, 4.69) is 20.9 Å². The molecule has 7 nitrogen and oxygen atoms in total. The summed E-state index contributed by atoms with van der Waals surface area (Å²) >= 11 is 0. The minimum Gasteiger partial charge on any atom is -0.495 e. The van der Waals surface area contributed by atoms with E-state index in [0.717, 1.165) is 31.6 Å². The van der Waals surface area contributed by atoms with E-state index in [4.69, 9.17) is 4.74 Å². The number of hydrogen-bond donors (Lipinski definition) is 3. The van der Waals surface area contributed by atoms with Crippen molar-refractivity contribution in [1.29, 1.82) is 0 Å². The molecular weight excluding hydrogens is 423 g/mol. The summed E-state index contributed by atoms with van der Waals surface area (Å²) in [5.74, 6) is -0.227. The van der Waals surface area contributed by atoms with Gasteiger partial charge in [-0.05, 0) is 67.4 Å². The summed E-state index contributed by atoms with van der Waals surface area (Å²) < 4.78 is 18.4. The maximum absolute atomic E-state index is 13.2. The number of urea groups is 1. The monoisotopic (exact) mass is 448 g/mol. The van der Waals surface area contributed by atoms with Crippen LogP contribution in [0.5, 0.6) is 5.75 Å². The number of nitrogens with zero attached hydrogens (tertiary/aromatic N) is 1. The first kappa shape index (κ1) is 22.1. The fourth-order valence-electron chi connectivity index (χ4n) is 3.78. The highest BCUT2D eigenvalue weighted by Crippen LogP contribution is 2.32. The summed E-state index contributed by atoms with van der Waals surface area (Å²) in [5, 5.41) is 8.51. The SMILES string of the molecule is COc1ccccc1NC(=O)Nc1cc(NC(=O)c2ccc(F)cc2)ccc1N1CCCC1. The van der Waals surface area contributed by atoms with Crippen LogP contribution in [0, 0.1) is 5.82 Å². The highest BCUT2D eigenvalue weighted by atomic mass is 19.1. The van der Waals surface area contributed by atoms with Gasteiger partial charge in [-0.1, -0.05) is 12.1 Å². The molecular formula is C25H25FN4O3. The Kier molecular flexibility index (Phi) is 6.73. The third kappa shape index (κ3) is 5.41. The van der Waals surface area contributed by atoms with Gasteiger partial charge in [-0.25, -0.2) is 9.18 Å². The van der Waals surface area contributed by atoms with E-state index >= 15 is 0 Å². The van der Waals surface area contributed by atoms with Gasteiger partial charge in [0.2, 0.25) is 0 Å². The van der Waals surface area contributed by atoms with Gasteiger partial charge in [0.05, 0.1) is 24.2 Å². The van der Waals surface area contributed by atoms with Crippen molar-refractivity contribution < 1.29 is 18.7 Å². The molecule has 0 saturated carbocycles. The summed E-state index contributed by atoms with van der Waals surface area (Å²) in [7, 11) is 1.54. The van der Waals surface area contributed by atoms with Gasteiger partial charge in [0.1, 0.15) is 11.6 Å².